The largest absolute Gasteiger partial charge is 0.379 e. The summed E-state index contributed by atoms with van der Waals surface area (Å²) in [4.78, 5) is 25.8. The van der Waals surface area contributed by atoms with E-state index in [0.29, 0.717) is 11.6 Å². The van der Waals surface area contributed by atoms with Gasteiger partial charge in [-0.05, 0) is 18.6 Å². The molecule has 0 N–H and O–H groups in total. The van der Waals surface area contributed by atoms with Crippen LogP contribution < -0.4 is 0 Å². The second-order valence-electron chi connectivity index (χ2n) is 6.09. The smallest absolute Gasteiger partial charge is 0.254 e. The number of ether oxygens (including phenoxy) is 1. The maximum atomic E-state index is 12.9. The van der Waals surface area contributed by atoms with Crippen LogP contribution in [0.5, 0.6) is 0 Å². The molecule has 1 amide bonds. The Bertz CT molecular complexity index is 709. The average molecular weight is 312 g/mol. The van der Waals surface area contributed by atoms with Crippen molar-refractivity contribution in [3.8, 4) is 0 Å². The number of hydrogen-bond acceptors (Lipinski definition) is 5. The summed E-state index contributed by atoms with van der Waals surface area (Å²) in [6.07, 6.45) is 6.16. The van der Waals surface area contributed by atoms with Crippen molar-refractivity contribution in [1.82, 2.24) is 19.8 Å². The number of aromatic nitrogens is 2. The van der Waals surface area contributed by atoms with Crippen molar-refractivity contribution in [3.05, 3.63) is 36.3 Å². The average Bonchev–Trinajstić information content (AvgIpc) is 3.11. The lowest BCUT2D eigenvalue weighted by atomic mass is 10.1. The number of carbonyl (C=O) groups is 1. The van der Waals surface area contributed by atoms with E-state index >= 15 is 0 Å². The minimum atomic E-state index is 0.0844. The monoisotopic (exact) mass is 312 g/mol. The maximum Gasteiger partial charge on any atom is 0.254 e. The third-order valence-corrected chi connectivity index (χ3v) is 4.79. The van der Waals surface area contributed by atoms with Gasteiger partial charge in [0, 0.05) is 56.2 Å². The number of hydrogen-bond donors (Lipinski definition) is 0. The Hall–Kier alpha value is -2.05. The molecule has 2 aliphatic heterocycles. The third-order valence-electron chi connectivity index (χ3n) is 4.79. The fraction of sp³-hybridized carbons (Fsp3) is 0.471. The van der Waals surface area contributed by atoms with Gasteiger partial charge in [-0.1, -0.05) is 0 Å². The molecule has 2 aromatic rings. The number of amides is 1. The summed E-state index contributed by atoms with van der Waals surface area (Å²) in [6, 6.07) is 4.09. The first kappa shape index (κ1) is 14.5. The van der Waals surface area contributed by atoms with Gasteiger partial charge in [-0.2, -0.15) is 0 Å². The fourth-order valence-electron chi connectivity index (χ4n) is 3.51. The molecule has 2 aliphatic rings. The van der Waals surface area contributed by atoms with Crippen LogP contribution in [0.4, 0.5) is 0 Å². The van der Waals surface area contributed by atoms with Crippen molar-refractivity contribution < 1.29 is 9.53 Å². The lowest BCUT2D eigenvalue weighted by Crippen LogP contribution is -2.45. The Kier molecular flexibility index (Phi) is 3.93. The molecule has 6 nitrogen and oxygen atoms in total. The van der Waals surface area contributed by atoms with Crippen LogP contribution in [0.1, 0.15) is 16.8 Å². The molecule has 4 rings (SSSR count). The highest BCUT2D eigenvalue weighted by molar-refractivity contribution is 6.05. The van der Waals surface area contributed by atoms with E-state index in [0.717, 1.165) is 56.7 Å². The summed E-state index contributed by atoms with van der Waals surface area (Å²) in [5, 5.41) is 0.829. The Labute approximate surface area is 135 Å². The summed E-state index contributed by atoms with van der Waals surface area (Å²) < 4.78 is 5.41. The maximum absolute atomic E-state index is 12.9. The fourth-order valence-corrected chi connectivity index (χ4v) is 3.51. The van der Waals surface area contributed by atoms with E-state index < -0.39 is 0 Å². The highest BCUT2D eigenvalue weighted by atomic mass is 16.5. The standard InChI is InChI=1S/C17H20N4O2/c22-17(14-1-5-19-16-2-4-18-11-15(14)16)21-6-3-13(12-21)20-7-9-23-10-8-20/h1-2,4-5,11,13H,3,6-10,12H2. The van der Waals surface area contributed by atoms with E-state index in [9.17, 15) is 4.79 Å². The Morgan fingerprint density at radius 3 is 2.91 bits per heavy atom. The zero-order valence-corrected chi connectivity index (χ0v) is 13.0. The van der Waals surface area contributed by atoms with Gasteiger partial charge < -0.3 is 9.64 Å². The van der Waals surface area contributed by atoms with Crippen LogP contribution in [0.3, 0.4) is 0 Å². The van der Waals surface area contributed by atoms with Crippen molar-refractivity contribution in [3.63, 3.8) is 0 Å². The first-order chi connectivity index (χ1) is 11.3. The highest BCUT2D eigenvalue weighted by Gasteiger charge is 2.32. The molecule has 4 heterocycles. The van der Waals surface area contributed by atoms with Crippen LogP contribution in [0.25, 0.3) is 10.9 Å². The predicted octanol–water partition coefficient (Wildman–Crippen LogP) is 1.18. The number of nitrogens with zero attached hydrogens (tertiary/aromatic N) is 4. The SMILES string of the molecule is O=C(c1ccnc2ccncc12)N1CCC(N2CCOCC2)C1. The van der Waals surface area contributed by atoms with E-state index in [1.807, 2.05) is 11.0 Å². The van der Waals surface area contributed by atoms with Crippen LogP contribution in [0, 0.1) is 0 Å². The quantitative estimate of drug-likeness (QED) is 0.833. The molecule has 2 fully saturated rings. The summed E-state index contributed by atoms with van der Waals surface area (Å²) >= 11 is 0. The van der Waals surface area contributed by atoms with Gasteiger partial charge >= 0.3 is 0 Å². The number of fused-ring (bicyclic) bond motifs is 1. The molecule has 0 bridgehead atoms. The Balaban J connectivity index is 1.53. The zero-order chi connectivity index (χ0) is 15.6. The Morgan fingerprint density at radius 2 is 2.04 bits per heavy atom. The molecule has 1 atom stereocenters. The number of carbonyl (C=O) groups excluding carboxylic acids is 1. The van der Waals surface area contributed by atoms with Crippen LogP contribution in [0.2, 0.25) is 0 Å². The van der Waals surface area contributed by atoms with Gasteiger partial charge in [0.05, 0.1) is 24.3 Å². The van der Waals surface area contributed by atoms with Crippen molar-refractivity contribution >= 4 is 16.8 Å². The van der Waals surface area contributed by atoms with Gasteiger partial charge in [-0.3, -0.25) is 19.7 Å². The molecular weight excluding hydrogens is 292 g/mol. The van der Waals surface area contributed by atoms with Crippen molar-refractivity contribution in [2.75, 3.05) is 39.4 Å². The molecule has 0 aromatic carbocycles. The molecule has 2 aromatic heterocycles. The minimum Gasteiger partial charge on any atom is -0.379 e. The molecule has 0 spiro atoms. The van der Waals surface area contributed by atoms with Gasteiger partial charge in [-0.15, -0.1) is 0 Å². The number of rotatable bonds is 2. The van der Waals surface area contributed by atoms with Crippen LogP contribution in [-0.2, 0) is 4.74 Å². The van der Waals surface area contributed by atoms with Crippen LogP contribution in [-0.4, -0.2) is 71.1 Å². The molecule has 0 saturated carbocycles. The lowest BCUT2D eigenvalue weighted by molar-refractivity contribution is 0.0185. The third kappa shape index (κ3) is 2.80. The van der Waals surface area contributed by atoms with Gasteiger partial charge in [0.2, 0.25) is 0 Å². The molecule has 0 aliphatic carbocycles. The lowest BCUT2D eigenvalue weighted by Gasteiger charge is -2.32. The zero-order valence-electron chi connectivity index (χ0n) is 13.0. The van der Waals surface area contributed by atoms with E-state index in [-0.39, 0.29) is 5.91 Å². The molecule has 23 heavy (non-hydrogen) atoms. The van der Waals surface area contributed by atoms with Crippen molar-refractivity contribution in [1.29, 1.82) is 0 Å². The van der Waals surface area contributed by atoms with Gasteiger partial charge in [-0.25, -0.2) is 0 Å². The first-order valence-corrected chi connectivity index (χ1v) is 8.13. The number of pyridine rings is 2. The van der Waals surface area contributed by atoms with E-state index in [1.165, 1.54) is 0 Å². The van der Waals surface area contributed by atoms with Crippen molar-refractivity contribution in [2.45, 2.75) is 12.5 Å². The van der Waals surface area contributed by atoms with E-state index in [4.69, 9.17) is 4.74 Å². The summed E-state index contributed by atoms with van der Waals surface area (Å²) in [5.41, 5.74) is 1.51. The molecule has 1 unspecified atom stereocenters. The topological polar surface area (TPSA) is 58.6 Å². The van der Waals surface area contributed by atoms with Gasteiger partial charge in [0.1, 0.15) is 0 Å². The second-order valence-corrected chi connectivity index (χ2v) is 6.09. The number of morpholine rings is 1. The van der Waals surface area contributed by atoms with Gasteiger partial charge in [0.15, 0.2) is 0 Å². The van der Waals surface area contributed by atoms with E-state index in [1.54, 1.807) is 24.7 Å². The summed E-state index contributed by atoms with van der Waals surface area (Å²) in [7, 11) is 0. The van der Waals surface area contributed by atoms with Gasteiger partial charge in [0.25, 0.3) is 5.91 Å². The van der Waals surface area contributed by atoms with Crippen molar-refractivity contribution in [2.24, 2.45) is 0 Å². The molecular formula is C17H20N4O2. The highest BCUT2D eigenvalue weighted by Crippen LogP contribution is 2.22. The summed E-state index contributed by atoms with van der Waals surface area (Å²) in [5.74, 6) is 0.0844. The molecule has 2 saturated heterocycles. The molecule has 0 radical (unpaired) electrons. The number of likely N-dealkylation sites (tertiary alicyclic amines) is 1. The normalized spacial score (nSPS) is 22.6. The Morgan fingerprint density at radius 1 is 1.17 bits per heavy atom. The predicted molar refractivity (Wildman–Crippen MR) is 86.2 cm³/mol. The molecule has 120 valence electrons. The summed E-state index contributed by atoms with van der Waals surface area (Å²) in [6.45, 7) is 5.13. The first-order valence-electron chi connectivity index (χ1n) is 8.13. The van der Waals surface area contributed by atoms with Crippen LogP contribution in [0.15, 0.2) is 30.7 Å². The van der Waals surface area contributed by atoms with Crippen LogP contribution >= 0.6 is 0 Å². The van der Waals surface area contributed by atoms with E-state index in [2.05, 4.69) is 14.9 Å². The minimum absolute atomic E-state index is 0.0844. The second kappa shape index (κ2) is 6.22. The molecule has 6 heteroatoms.